The lowest BCUT2D eigenvalue weighted by Gasteiger charge is -2.25. The molecule has 0 aliphatic carbocycles. The highest BCUT2D eigenvalue weighted by molar-refractivity contribution is 5.58. The Bertz CT molecular complexity index is 396. The van der Waals surface area contributed by atoms with Crippen LogP contribution in [0.15, 0.2) is 18.2 Å². The number of anilines is 2. The minimum absolute atomic E-state index is 0.157. The maximum absolute atomic E-state index is 9.40. The number of rotatable bonds is 9. The maximum Gasteiger partial charge on any atom is 0.0771 e. The number of benzene rings is 1. The molecule has 1 aromatic rings. The van der Waals surface area contributed by atoms with Crippen LogP contribution in [0.5, 0.6) is 0 Å². The first-order valence-electron chi connectivity index (χ1n) is 7.54. The first-order chi connectivity index (χ1) is 9.62. The molecular formula is C16H28N2O2. The van der Waals surface area contributed by atoms with E-state index in [0.29, 0.717) is 6.42 Å². The molecule has 0 aromatic heterocycles. The summed E-state index contributed by atoms with van der Waals surface area (Å²) < 4.78 is 0. The van der Waals surface area contributed by atoms with E-state index in [0.717, 1.165) is 38.0 Å². The number of hydrogen-bond donors (Lipinski definition) is 3. The van der Waals surface area contributed by atoms with Crippen molar-refractivity contribution in [1.82, 2.24) is 0 Å². The Morgan fingerprint density at radius 2 is 2.00 bits per heavy atom. The van der Waals surface area contributed by atoms with Gasteiger partial charge in [-0.25, -0.2) is 0 Å². The highest BCUT2D eigenvalue weighted by Crippen LogP contribution is 2.22. The van der Waals surface area contributed by atoms with Gasteiger partial charge in [0.1, 0.15) is 0 Å². The van der Waals surface area contributed by atoms with Crippen molar-refractivity contribution in [3.8, 4) is 0 Å². The van der Waals surface area contributed by atoms with Crippen LogP contribution in [0.25, 0.3) is 0 Å². The Kier molecular flexibility index (Phi) is 7.41. The first kappa shape index (κ1) is 16.8. The Balaban J connectivity index is 2.69. The molecule has 114 valence electrons. The summed E-state index contributed by atoms with van der Waals surface area (Å²) in [6.45, 7) is 5.99. The van der Waals surface area contributed by atoms with E-state index in [9.17, 15) is 5.11 Å². The van der Waals surface area contributed by atoms with Gasteiger partial charge < -0.3 is 20.8 Å². The summed E-state index contributed by atoms with van der Waals surface area (Å²) in [6, 6.07) is 6.19. The van der Waals surface area contributed by atoms with Gasteiger partial charge in [0.2, 0.25) is 0 Å². The molecule has 0 aliphatic rings. The molecule has 0 radical (unpaired) electrons. The van der Waals surface area contributed by atoms with Crippen molar-refractivity contribution in [2.24, 2.45) is 0 Å². The quantitative estimate of drug-likeness (QED) is 0.606. The normalized spacial score (nSPS) is 12.4. The molecule has 0 saturated heterocycles. The van der Waals surface area contributed by atoms with Gasteiger partial charge in [-0.1, -0.05) is 13.8 Å². The lowest BCUT2D eigenvalue weighted by Crippen LogP contribution is -2.26. The number of hydrogen-bond acceptors (Lipinski definition) is 4. The van der Waals surface area contributed by atoms with Crippen molar-refractivity contribution in [1.29, 1.82) is 0 Å². The maximum atomic E-state index is 9.40. The number of nitrogen functional groups attached to an aromatic ring is 1. The summed E-state index contributed by atoms with van der Waals surface area (Å²) in [7, 11) is 0. The molecule has 0 saturated carbocycles. The number of aryl methyl sites for hydroxylation is 1. The minimum Gasteiger partial charge on any atom is -0.399 e. The zero-order valence-electron chi connectivity index (χ0n) is 12.7. The zero-order chi connectivity index (χ0) is 15.0. The standard InChI is InChI=1S/C16H28N2O2/c1-3-9-18(10-5-6-15(20)12-19)14-7-8-16(17)13(4-2)11-14/h7-8,11,15,19-20H,3-6,9-10,12,17H2,1-2H3. The number of nitrogens with two attached hydrogens (primary N) is 1. The molecule has 0 spiro atoms. The predicted octanol–water partition coefficient (Wildman–Crippen LogP) is 2.18. The van der Waals surface area contributed by atoms with E-state index in [2.05, 4.69) is 30.9 Å². The smallest absolute Gasteiger partial charge is 0.0771 e. The highest BCUT2D eigenvalue weighted by atomic mass is 16.3. The number of aliphatic hydroxyl groups is 2. The molecule has 1 rings (SSSR count). The van der Waals surface area contributed by atoms with E-state index >= 15 is 0 Å². The fourth-order valence-electron chi connectivity index (χ4n) is 2.34. The largest absolute Gasteiger partial charge is 0.399 e. The third kappa shape index (κ3) is 5.02. The Morgan fingerprint density at radius 1 is 1.25 bits per heavy atom. The van der Waals surface area contributed by atoms with Gasteiger partial charge in [-0.15, -0.1) is 0 Å². The van der Waals surface area contributed by atoms with Crippen molar-refractivity contribution >= 4 is 11.4 Å². The predicted molar refractivity (Wildman–Crippen MR) is 85.1 cm³/mol. The summed E-state index contributed by atoms with van der Waals surface area (Å²) in [4.78, 5) is 2.32. The van der Waals surface area contributed by atoms with Crippen LogP contribution in [0.1, 0.15) is 38.7 Å². The average molecular weight is 280 g/mol. The van der Waals surface area contributed by atoms with E-state index in [1.807, 2.05) is 6.07 Å². The van der Waals surface area contributed by atoms with Crippen molar-refractivity contribution in [2.45, 2.75) is 45.6 Å². The molecule has 4 nitrogen and oxygen atoms in total. The van der Waals surface area contributed by atoms with Crippen LogP contribution in [0, 0.1) is 0 Å². The van der Waals surface area contributed by atoms with E-state index in [4.69, 9.17) is 10.8 Å². The molecule has 0 fully saturated rings. The zero-order valence-corrected chi connectivity index (χ0v) is 12.7. The molecule has 0 amide bonds. The third-order valence-corrected chi connectivity index (χ3v) is 3.54. The summed E-state index contributed by atoms with van der Waals surface area (Å²) in [5.74, 6) is 0. The van der Waals surface area contributed by atoms with Crippen LogP contribution in [-0.2, 0) is 6.42 Å². The van der Waals surface area contributed by atoms with Gasteiger partial charge in [-0.05, 0) is 49.4 Å². The van der Waals surface area contributed by atoms with Crippen LogP contribution in [0.2, 0.25) is 0 Å². The second kappa shape index (κ2) is 8.82. The molecule has 0 bridgehead atoms. The van der Waals surface area contributed by atoms with Gasteiger partial charge >= 0.3 is 0 Å². The topological polar surface area (TPSA) is 69.7 Å². The van der Waals surface area contributed by atoms with Gasteiger partial charge in [0.05, 0.1) is 12.7 Å². The van der Waals surface area contributed by atoms with E-state index in [1.165, 1.54) is 11.3 Å². The summed E-state index contributed by atoms with van der Waals surface area (Å²) >= 11 is 0. The fourth-order valence-corrected chi connectivity index (χ4v) is 2.34. The van der Waals surface area contributed by atoms with Crippen LogP contribution < -0.4 is 10.6 Å². The van der Waals surface area contributed by atoms with Gasteiger partial charge in [-0.2, -0.15) is 0 Å². The molecule has 1 aromatic carbocycles. The molecule has 4 heteroatoms. The number of nitrogens with zero attached hydrogens (tertiary/aromatic N) is 1. The van der Waals surface area contributed by atoms with Crippen molar-refractivity contribution in [3.05, 3.63) is 23.8 Å². The average Bonchev–Trinajstić information content (AvgIpc) is 2.46. The van der Waals surface area contributed by atoms with E-state index in [-0.39, 0.29) is 6.61 Å². The fraction of sp³-hybridized carbons (Fsp3) is 0.625. The van der Waals surface area contributed by atoms with E-state index in [1.54, 1.807) is 0 Å². The summed E-state index contributed by atoms with van der Waals surface area (Å²) in [6.07, 6.45) is 2.91. The molecule has 20 heavy (non-hydrogen) atoms. The van der Waals surface area contributed by atoms with Gasteiger partial charge in [0, 0.05) is 24.5 Å². The molecule has 1 atom stereocenters. The lowest BCUT2D eigenvalue weighted by molar-refractivity contribution is 0.0870. The third-order valence-electron chi connectivity index (χ3n) is 3.54. The second-order valence-corrected chi connectivity index (χ2v) is 5.20. The Hall–Kier alpha value is -1.26. The molecular weight excluding hydrogens is 252 g/mol. The SMILES string of the molecule is CCCN(CCCC(O)CO)c1ccc(N)c(CC)c1. The van der Waals surface area contributed by atoms with Crippen molar-refractivity contribution < 1.29 is 10.2 Å². The van der Waals surface area contributed by atoms with Crippen LogP contribution in [-0.4, -0.2) is 36.0 Å². The van der Waals surface area contributed by atoms with Gasteiger partial charge in [0.15, 0.2) is 0 Å². The van der Waals surface area contributed by atoms with Gasteiger partial charge in [0.25, 0.3) is 0 Å². The summed E-state index contributed by atoms with van der Waals surface area (Å²) in [5.41, 5.74) is 9.17. The number of aliphatic hydroxyl groups excluding tert-OH is 2. The Labute approximate surface area is 122 Å². The first-order valence-corrected chi connectivity index (χ1v) is 7.54. The second-order valence-electron chi connectivity index (χ2n) is 5.20. The van der Waals surface area contributed by atoms with Crippen molar-refractivity contribution in [2.75, 3.05) is 30.3 Å². The van der Waals surface area contributed by atoms with Crippen LogP contribution >= 0.6 is 0 Å². The summed E-state index contributed by atoms with van der Waals surface area (Å²) in [5, 5.41) is 18.2. The van der Waals surface area contributed by atoms with Crippen molar-refractivity contribution in [3.63, 3.8) is 0 Å². The molecule has 4 N–H and O–H groups in total. The molecule has 1 unspecified atom stereocenters. The minimum atomic E-state index is -0.601. The lowest BCUT2D eigenvalue weighted by atomic mass is 10.1. The van der Waals surface area contributed by atoms with Crippen LogP contribution in [0.4, 0.5) is 11.4 Å². The van der Waals surface area contributed by atoms with Gasteiger partial charge in [-0.3, -0.25) is 0 Å². The highest BCUT2D eigenvalue weighted by Gasteiger charge is 2.09. The van der Waals surface area contributed by atoms with Crippen LogP contribution in [0.3, 0.4) is 0 Å². The molecule has 0 aliphatic heterocycles. The monoisotopic (exact) mass is 280 g/mol. The Morgan fingerprint density at radius 3 is 2.60 bits per heavy atom. The van der Waals surface area contributed by atoms with E-state index < -0.39 is 6.10 Å². The molecule has 0 heterocycles.